The largest absolute Gasteiger partial charge is 0.508 e. The lowest BCUT2D eigenvalue weighted by molar-refractivity contribution is 0.0461. The topological polar surface area (TPSA) is 38.8 Å². The fourth-order valence-electron chi connectivity index (χ4n) is 1.47. The Labute approximate surface area is 112 Å². The summed E-state index contributed by atoms with van der Waals surface area (Å²) in [5.41, 5.74) is 0.184. The van der Waals surface area contributed by atoms with Gasteiger partial charge >= 0.3 is 6.16 Å². The van der Waals surface area contributed by atoms with Crippen molar-refractivity contribution in [1.82, 2.24) is 4.90 Å². The molecule has 0 radical (unpaired) electrons. The summed E-state index contributed by atoms with van der Waals surface area (Å²) in [6.45, 7) is 14.5. The van der Waals surface area contributed by atoms with Crippen molar-refractivity contribution >= 4 is 6.16 Å². The smallest absolute Gasteiger partial charge is 0.434 e. The molecule has 0 atom stereocenters. The molecule has 0 saturated carbocycles. The molecule has 0 aliphatic carbocycles. The summed E-state index contributed by atoms with van der Waals surface area (Å²) in [6.07, 6.45) is 1.16. The van der Waals surface area contributed by atoms with Crippen molar-refractivity contribution in [2.24, 2.45) is 5.41 Å². The number of nitrogens with zero attached hydrogens (tertiary/aromatic N) is 1. The Hall–Kier alpha value is -0.770. The van der Waals surface area contributed by atoms with E-state index in [0.29, 0.717) is 13.2 Å². The number of hydrogen-bond acceptors (Lipinski definition) is 4. The Kier molecular flexibility index (Phi) is 8.81. The average molecular weight is 259 g/mol. The highest BCUT2D eigenvalue weighted by Crippen LogP contribution is 2.17. The third-order valence-electron chi connectivity index (χ3n) is 2.80. The summed E-state index contributed by atoms with van der Waals surface area (Å²) >= 11 is 0. The molecule has 4 heteroatoms. The minimum atomic E-state index is -0.543. The highest BCUT2D eigenvalue weighted by molar-refractivity contribution is 5.59. The number of rotatable bonds is 8. The summed E-state index contributed by atoms with van der Waals surface area (Å²) in [6, 6.07) is 0. The van der Waals surface area contributed by atoms with Gasteiger partial charge in [0, 0.05) is 6.54 Å². The van der Waals surface area contributed by atoms with E-state index in [9.17, 15) is 4.79 Å². The Balaban J connectivity index is 3.48. The molecule has 0 aromatic carbocycles. The van der Waals surface area contributed by atoms with Gasteiger partial charge in [0.1, 0.15) is 0 Å². The first-order valence-corrected chi connectivity index (χ1v) is 6.91. The Morgan fingerprint density at radius 1 is 1.06 bits per heavy atom. The molecule has 0 aromatic rings. The maximum absolute atomic E-state index is 11.3. The molecule has 0 bridgehead atoms. The van der Waals surface area contributed by atoms with E-state index in [4.69, 9.17) is 9.47 Å². The van der Waals surface area contributed by atoms with Gasteiger partial charge in [-0.2, -0.15) is 0 Å². The summed E-state index contributed by atoms with van der Waals surface area (Å²) in [4.78, 5) is 13.6. The molecule has 0 spiro atoms. The molecule has 0 N–H and O–H groups in total. The molecular formula is C14H29NO3. The fourth-order valence-corrected chi connectivity index (χ4v) is 1.47. The highest BCUT2D eigenvalue weighted by atomic mass is 16.7. The molecule has 108 valence electrons. The van der Waals surface area contributed by atoms with E-state index in [0.717, 1.165) is 32.5 Å². The SMILES string of the molecule is CCN(CC)CCCOC(=O)OCCC(C)(C)C. The monoisotopic (exact) mass is 259 g/mol. The van der Waals surface area contributed by atoms with Crippen molar-refractivity contribution in [2.45, 2.75) is 47.5 Å². The van der Waals surface area contributed by atoms with Crippen LogP contribution in [0.2, 0.25) is 0 Å². The second-order valence-electron chi connectivity index (χ2n) is 5.64. The van der Waals surface area contributed by atoms with Crippen LogP contribution in [0.5, 0.6) is 0 Å². The molecule has 0 amide bonds. The van der Waals surface area contributed by atoms with Crippen LogP contribution in [0.25, 0.3) is 0 Å². The molecule has 0 fully saturated rings. The van der Waals surface area contributed by atoms with Gasteiger partial charge < -0.3 is 14.4 Å². The second-order valence-corrected chi connectivity index (χ2v) is 5.64. The first-order chi connectivity index (χ1) is 8.39. The first kappa shape index (κ1) is 17.2. The number of carbonyl (C=O) groups excluding carboxylic acids is 1. The fraction of sp³-hybridized carbons (Fsp3) is 0.929. The van der Waals surface area contributed by atoms with Gasteiger partial charge in [0.15, 0.2) is 0 Å². The zero-order valence-electron chi connectivity index (χ0n) is 12.6. The zero-order valence-corrected chi connectivity index (χ0v) is 12.6. The lowest BCUT2D eigenvalue weighted by Gasteiger charge is -2.18. The lowest BCUT2D eigenvalue weighted by atomic mass is 9.93. The van der Waals surface area contributed by atoms with E-state index >= 15 is 0 Å². The number of carbonyl (C=O) groups is 1. The van der Waals surface area contributed by atoms with Gasteiger partial charge in [-0.15, -0.1) is 0 Å². The summed E-state index contributed by atoms with van der Waals surface area (Å²) in [5, 5.41) is 0. The van der Waals surface area contributed by atoms with Gasteiger partial charge in [-0.25, -0.2) is 4.79 Å². The maximum Gasteiger partial charge on any atom is 0.508 e. The molecule has 0 rings (SSSR count). The molecule has 0 unspecified atom stereocenters. The molecule has 0 heterocycles. The molecule has 0 aromatic heterocycles. The van der Waals surface area contributed by atoms with Crippen LogP contribution in [-0.2, 0) is 9.47 Å². The predicted molar refractivity (Wildman–Crippen MR) is 73.8 cm³/mol. The van der Waals surface area contributed by atoms with E-state index in [2.05, 4.69) is 39.5 Å². The van der Waals surface area contributed by atoms with Crippen molar-refractivity contribution in [3.05, 3.63) is 0 Å². The van der Waals surface area contributed by atoms with E-state index in [-0.39, 0.29) is 5.41 Å². The normalized spacial score (nSPS) is 11.7. The quantitative estimate of drug-likeness (QED) is 0.495. The number of hydrogen-bond donors (Lipinski definition) is 0. The Bertz CT molecular complexity index is 220. The van der Waals surface area contributed by atoms with Crippen LogP contribution in [0, 0.1) is 5.41 Å². The van der Waals surface area contributed by atoms with Gasteiger partial charge in [0.05, 0.1) is 13.2 Å². The summed E-state index contributed by atoms with van der Waals surface area (Å²) in [5.74, 6) is 0. The van der Waals surface area contributed by atoms with Crippen molar-refractivity contribution in [1.29, 1.82) is 0 Å². The zero-order chi connectivity index (χ0) is 14.0. The summed E-state index contributed by atoms with van der Waals surface area (Å²) < 4.78 is 10.0. The van der Waals surface area contributed by atoms with E-state index in [1.807, 2.05) is 0 Å². The van der Waals surface area contributed by atoms with E-state index in [1.54, 1.807) is 0 Å². The lowest BCUT2D eigenvalue weighted by Crippen LogP contribution is -2.25. The molecule has 0 aliphatic rings. The average Bonchev–Trinajstić information content (AvgIpc) is 2.27. The Morgan fingerprint density at radius 3 is 2.11 bits per heavy atom. The summed E-state index contributed by atoms with van der Waals surface area (Å²) in [7, 11) is 0. The van der Waals surface area contributed by atoms with Gasteiger partial charge in [-0.1, -0.05) is 34.6 Å². The third-order valence-corrected chi connectivity index (χ3v) is 2.80. The van der Waals surface area contributed by atoms with E-state index < -0.39 is 6.16 Å². The van der Waals surface area contributed by atoms with Crippen molar-refractivity contribution in [3.8, 4) is 0 Å². The van der Waals surface area contributed by atoms with Gasteiger partial charge in [0.2, 0.25) is 0 Å². The van der Waals surface area contributed by atoms with Gasteiger partial charge in [0.25, 0.3) is 0 Å². The molecule has 0 aliphatic heterocycles. The highest BCUT2D eigenvalue weighted by Gasteiger charge is 2.12. The second kappa shape index (κ2) is 9.20. The predicted octanol–water partition coefficient (Wildman–Crippen LogP) is 3.31. The van der Waals surface area contributed by atoms with Crippen LogP contribution < -0.4 is 0 Å². The van der Waals surface area contributed by atoms with Crippen LogP contribution in [0.3, 0.4) is 0 Å². The van der Waals surface area contributed by atoms with Crippen molar-refractivity contribution in [2.75, 3.05) is 32.8 Å². The number of ether oxygens (including phenoxy) is 2. The minimum absolute atomic E-state index is 0.184. The molecule has 0 saturated heterocycles. The van der Waals surface area contributed by atoms with Gasteiger partial charge in [-0.05, 0) is 31.3 Å². The standard InChI is InChI=1S/C14H29NO3/c1-6-15(7-2)10-8-11-17-13(16)18-12-9-14(3,4)5/h6-12H2,1-5H3. The third kappa shape index (κ3) is 10.4. The van der Waals surface area contributed by atoms with Crippen molar-refractivity contribution < 1.29 is 14.3 Å². The Morgan fingerprint density at radius 2 is 1.61 bits per heavy atom. The molecule has 4 nitrogen and oxygen atoms in total. The van der Waals surface area contributed by atoms with Crippen LogP contribution in [0.1, 0.15) is 47.5 Å². The van der Waals surface area contributed by atoms with Gasteiger partial charge in [-0.3, -0.25) is 0 Å². The minimum Gasteiger partial charge on any atom is -0.434 e. The van der Waals surface area contributed by atoms with Crippen LogP contribution in [0.15, 0.2) is 0 Å². The molecular weight excluding hydrogens is 230 g/mol. The van der Waals surface area contributed by atoms with Crippen LogP contribution in [-0.4, -0.2) is 43.9 Å². The van der Waals surface area contributed by atoms with Crippen LogP contribution >= 0.6 is 0 Å². The van der Waals surface area contributed by atoms with Crippen molar-refractivity contribution in [3.63, 3.8) is 0 Å². The van der Waals surface area contributed by atoms with Crippen LogP contribution in [0.4, 0.5) is 4.79 Å². The maximum atomic E-state index is 11.3. The molecule has 18 heavy (non-hydrogen) atoms. The van der Waals surface area contributed by atoms with E-state index in [1.165, 1.54) is 0 Å². The first-order valence-electron chi connectivity index (χ1n) is 6.91.